The van der Waals surface area contributed by atoms with Gasteiger partial charge in [0.25, 0.3) is 16.0 Å². The zero-order chi connectivity index (χ0) is 44.5. The van der Waals surface area contributed by atoms with Crippen molar-refractivity contribution in [2.24, 2.45) is 16.2 Å². The highest BCUT2D eigenvalue weighted by atomic mass is 32.2. The van der Waals surface area contributed by atoms with Gasteiger partial charge in [0.2, 0.25) is 0 Å². The Kier molecular flexibility index (Phi) is 10.4. The summed E-state index contributed by atoms with van der Waals surface area (Å²) in [4.78, 5) is 53.1. The van der Waals surface area contributed by atoms with Gasteiger partial charge in [-0.15, -0.1) is 0 Å². The molecule has 18 heteroatoms. The number of carbonyl (C=O) groups excluding carboxylic acids is 1. The average molecular weight is 894 g/mol. The molecule has 4 aromatic heterocycles. The number of carbonyl (C=O) groups is 3. The molecule has 6 aromatic rings. The van der Waals surface area contributed by atoms with Gasteiger partial charge in [-0.2, -0.15) is 13.5 Å². The third-order valence-corrected chi connectivity index (χ3v) is 14.7. The van der Waals surface area contributed by atoms with E-state index in [1.807, 2.05) is 35.9 Å². The molecule has 328 valence electrons. The summed E-state index contributed by atoms with van der Waals surface area (Å²) >= 11 is 1.38. The minimum atomic E-state index is -4.33. The summed E-state index contributed by atoms with van der Waals surface area (Å²) in [6.07, 6.45) is 7.34. The third-order valence-electron chi connectivity index (χ3n) is 13.1. The Morgan fingerprint density at radius 1 is 0.889 bits per heavy atom. The van der Waals surface area contributed by atoms with Crippen molar-refractivity contribution in [2.75, 3.05) is 30.8 Å². The predicted octanol–water partition coefficient (Wildman–Crippen LogP) is 8.03. The second-order valence-corrected chi connectivity index (χ2v) is 21.1. The highest BCUT2D eigenvalue weighted by Gasteiger charge is 2.66. The summed E-state index contributed by atoms with van der Waals surface area (Å²) in [5.41, 5.74) is 3.62. The van der Waals surface area contributed by atoms with E-state index in [0.29, 0.717) is 50.5 Å². The highest BCUT2D eigenvalue weighted by Crippen LogP contribution is 2.72. The van der Waals surface area contributed by atoms with Crippen LogP contribution in [0.1, 0.15) is 78.9 Å². The van der Waals surface area contributed by atoms with Crippen LogP contribution in [0.3, 0.4) is 0 Å². The number of aromatic carboxylic acids is 1. The maximum Gasteiger partial charge on any atom is 0.407 e. The fraction of sp³-hybridized carbons (Fsp3) is 0.400. The summed E-state index contributed by atoms with van der Waals surface area (Å²) in [6.45, 7) is 6.79. The van der Waals surface area contributed by atoms with E-state index >= 15 is 0 Å². The van der Waals surface area contributed by atoms with Gasteiger partial charge in [-0.1, -0.05) is 43.4 Å². The lowest BCUT2D eigenvalue weighted by Crippen LogP contribution is -2.64. The second-order valence-electron chi connectivity index (χ2n) is 18.5. The Balaban J connectivity index is 0.959. The van der Waals surface area contributed by atoms with E-state index in [9.17, 15) is 37.6 Å². The first-order chi connectivity index (χ1) is 29.8. The zero-order valence-corrected chi connectivity index (χ0v) is 36.6. The van der Waals surface area contributed by atoms with E-state index in [2.05, 4.69) is 34.1 Å². The lowest BCUT2D eigenvalue weighted by Gasteiger charge is -2.69. The van der Waals surface area contributed by atoms with Gasteiger partial charge in [0.15, 0.2) is 10.8 Å². The summed E-state index contributed by atoms with van der Waals surface area (Å²) in [6, 6.07) is 18.2. The van der Waals surface area contributed by atoms with Gasteiger partial charge in [-0.25, -0.2) is 19.6 Å². The Labute approximate surface area is 367 Å². The van der Waals surface area contributed by atoms with Gasteiger partial charge >= 0.3 is 12.1 Å². The zero-order valence-electron chi connectivity index (χ0n) is 35.0. The number of pyridine rings is 2. The number of benzene rings is 2. The molecule has 4 aliphatic rings. The third kappa shape index (κ3) is 8.39. The van der Waals surface area contributed by atoms with Crippen molar-refractivity contribution >= 4 is 65.7 Å². The normalized spacial score (nSPS) is 23.9. The monoisotopic (exact) mass is 893 g/mol. The first-order valence-corrected chi connectivity index (χ1v) is 23.2. The van der Waals surface area contributed by atoms with Crippen LogP contribution in [-0.2, 0) is 21.4 Å². The molecule has 2 atom stereocenters. The molecule has 4 bridgehead atoms. The summed E-state index contributed by atoms with van der Waals surface area (Å²) in [5, 5.41) is 29.0. The number of ether oxygens (including phenoxy) is 1. The molecule has 0 aliphatic heterocycles. The topological polar surface area (TPSA) is 227 Å². The van der Waals surface area contributed by atoms with Crippen LogP contribution in [0.15, 0.2) is 73.1 Å². The van der Waals surface area contributed by atoms with E-state index in [1.54, 1.807) is 48.8 Å². The number of amides is 2. The fourth-order valence-corrected chi connectivity index (χ4v) is 13.1. The van der Waals surface area contributed by atoms with Crippen LogP contribution in [0.2, 0.25) is 0 Å². The number of para-hydroxylation sites is 1. The van der Waals surface area contributed by atoms with Crippen LogP contribution in [-0.4, -0.2) is 102 Å². The Morgan fingerprint density at radius 3 is 2.35 bits per heavy atom. The number of anilines is 1. The molecule has 10 rings (SSSR count). The number of rotatable bonds is 14. The quantitative estimate of drug-likeness (QED) is 0.0761. The largest absolute Gasteiger partial charge is 0.476 e. The number of hydrogen-bond donors (Lipinski definition) is 4. The van der Waals surface area contributed by atoms with Crippen LogP contribution < -0.4 is 5.32 Å². The molecule has 63 heavy (non-hydrogen) atoms. The first-order valence-electron chi connectivity index (χ1n) is 20.7. The van der Waals surface area contributed by atoms with Crippen molar-refractivity contribution in [1.82, 2.24) is 29.6 Å². The summed E-state index contributed by atoms with van der Waals surface area (Å²) in [7, 11) is -4.33. The lowest BCUT2D eigenvalue weighted by atomic mass is 9.39. The fourth-order valence-electron chi connectivity index (χ4n) is 11.8. The number of nitrogens with one attached hydrogen (secondary N) is 1. The number of aromatic nitrogens is 5. The van der Waals surface area contributed by atoms with Crippen LogP contribution >= 0.6 is 11.3 Å². The van der Waals surface area contributed by atoms with Gasteiger partial charge in [0.05, 0.1) is 45.6 Å². The molecule has 4 aliphatic carbocycles. The SMILES string of the molecule is Cc1c(-c2ccc(-c3cnc4cccc(C(=O)Nc5nc6ccccc6s5)c4c3)nc2C(=O)O)cnn1CC12CC3(C)CC(C)(C1)CC(OCCN(CCS(=O)(=O)O)C(=O)O)(C3)C2. The second kappa shape index (κ2) is 15.5. The van der Waals surface area contributed by atoms with Gasteiger partial charge in [0.1, 0.15) is 0 Å². The molecule has 4 saturated carbocycles. The van der Waals surface area contributed by atoms with Crippen LogP contribution in [0.4, 0.5) is 9.93 Å². The Bertz CT molecular complexity index is 2900. The Morgan fingerprint density at radius 2 is 1.63 bits per heavy atom. The predicted molar refractivity (Wildman–Crippen MR) is 237 cm³/mol. The number of hydrogen-bond acceptors (Lipinski definition) is 11. The van der Waals surface area contributed by atoms with E-state index in [-0.39, 0.29) is 47.5 Å². The van der Waals surface area contributed by atoms with E-state index in [0.717, 1.165) is 59.3 Å². The number of nitrogens with zero attached hydrogens (tertiary/aromatic N) is 6. The van der Waals surface area contributed by atoms with Gasteiger partial charge in [-0.05, 0) is 104 Å². The van der Waals surface area contributed by atoms with E-state index < -0.39 is 33.5 Å². The van der Waals surface area contributed by atoms with Crippen molar-refractivity contribution in [3.8, 4) is 22.4 Å². The molecule has 4 N–H and O–H groups in total. The molecule has 4 heterocycles. The average Bonchev–Trinajstić information content (AvgIpc) is 3.77. The molecule has 2 unspecified atom stereocenters. The first kappa shape index (κ1) is 42.5. The highest BCUT2D eigenvalue weighted by molar-refractivity contribution is 7.85. The van der Waals surface area contributed by atoms with Gasteiger partial charge in [0, 0.05) is 59.2 Å². The van der Waals surface area contributed by atoms with Crippen LogP contribution in [0.25, 0.3) is 43.5 Å². The maximum atomic E-state index is 13.6. The van der Waals surface area contributed by atoms with Crippen LogP contribution in [0.5, 0.6) is 0 Å². The molecule has 2 aromatic carbocycles. The van der Waals surface area contributed by atoms with Gasteiger partial charge < -0.3 is 19.8 Å². The molecule has 0 radical (unpaired) electrons. The molecule has 0 spiro atoms. The Hall–Kier alpha value is -5.82. The van der Waals surface area contributed by atoms with Gasteiger partial charge in [-0.3, -0.25) is 24.3 Å². The van der Waals surface area contributed by atoms with E-state index in [1.165, 1.54) is 11.3 Å². The molecule has 4 fully saturated rings. The molecular formula is C45H47N7O9S2. The van der Waals surface area contributed by atoms with Crippen molar-refractivity contribution in [3.63, 3.8) is 0 Å². The smallest absolute Gasteiger partial charge is 0.407 e. The number of carboxylic acids is 1. The lowest BCUT2D eigenvalue weighted by molar-refractivity contribution is -0.248. The van der Waals surface area contributed by atoms with Crippen LogP contribution in [0, 0.1) is 23.2 Å². The minimum Gasteiger partial charge on any atom is -0.476 e. The summed E-state index contributed by atoms with van der Waals surface area (Å²) in [5.74, 6) is -2.25. The molecule has 2 amide bonds. The van der Waals surface area contributed by atoms with Crippen molar-refractivity contribution in [2.45, 2.75) is 71.4 Å². The molecule has 16 nitrogen and oxygen atoms in total. The van der Waals surface area contributed by atoms with Crippen molar-refractivity contribution in [1.29, 1.82) is 0 Å². The number of fused-ring (bicyclic) bond motifs is 2. The summed E-state index contributed by atoms with van der Waals surface area (Å²) < 4.78 is 41.4. The maximum absolute atomic E-state index is 13.6. The number of carboxylic acid groups (broad SMARTS) is 2. The standard InChI is InChI=1S/C45H47N7O9S2/c1-27-32(19-47-52(27)26-44-21-42(2)20-43(3,22-44)24-45(23-42,25-44)61-15-13-51(41(56)57)14-16-63(58,59)60)29-11-12-33(48-37(29)39(54)55)28-17-31-30(7-6-9-34(31)46-18-28)38(53)50-40-49-35-8-4-5-10-36(35)62-40/h4-12,17-19H,13-16,20-26H2,1-3H3,(H,54,55)(H,56,57)(H,49,50,53)(H,58,59,60). The van der Waals surface area contributed by atoms with E-state index in [4.69, 9.17) is 9.84 Å². The van der Waals surface area contributed by atoms with Crippen molar-refractivity contribution < 1.29 is 42.3 Å². The number of thiazole rings is 1. The van der Waals surface area contributed by atoms with Crippen molar-refractivity contribution in [3.05, 3.63) is 90.0 Å². The minimum absolute atomic E-state index is 0.0281. The molecular weight excluding hydrogens is 847 g/mol. The molecule has 0 saturated heterocycles.